The van der Waals surface area contributed by atoms with E-state index in [1.807, 2.05) is 19.1 Å². The van der Waals surface area contributed by atoms with Gasteiger partial charge in [-0.2, -0.15) is 0 Å². The molecule has 0 aliphatic heterocycles. The van der Waals surface area contributed by atoms with E-state index in [1.165, 1.54) is 32.1 Å². The monoisotopic (exact) mass is 216 g/mol. The van der Waals surface area contributed by atoms with E-state index in [9.17, 15) is 0 Å². The number of hydrogen-bond acceptors (Lipinski definition) is 2. The average molecular weight is 216 g/mol. The molecule has 1 saturated carbocycles. The van der Waals surface area contributed by atoms with Crippen molar-refractivity contribution in [2.75, 3.05) is 5.73 Å². The van der Waals surface area contributed by atoms with Crippen LogP contribution >= 0.6 is 0 Å². The Kier molecular flexibility index (Phi) is 5.42. The fraction of sp³-hybridized carbons (Fsp3) is 0.500. The topological polar surface area (TPSA) is 38.9 Å². The quantitative estimate of drug-likeness (QED) is 0.676. The molecule has 1 heterocycles. The molecule has 0 bridgehead atoms. The number of hydrogen-bond donors (Lipinski definition) is 1. The van der Waals surface area contributed by atoms with Gasteiger partial charge in [0.1, 0.15) is 5.82 Å². The van der Waals surface area contributed by atoms with Crippen LogP contribution in [0.5, 0.6) is 0 Å². The summed E-state index contributed by atoms with van der Waals surface area (Å²) in [5.74, 6) is 4.01. The van der Waals surface area contributed by atoms with E-state index in [0.29, 0.717) is 11.7 Å². The van der Waals surface area contributed by atoms with Gasteiger partial charge in [-0.3, -0.25) is 0 Å². The lowest BCUT2D eigenvalue weighted by molar-refractivity contribution is 0.430. The lowest BCUT2D eigenvalue weighted by Gasteiger charge is -2.14. The van der Waals surface area contributed by atoms with E-state index in [1.54, 1.807) is 6.07 Å². The van der Waals surface area contributed by atoms with Crippen LogP contribution in [-0.2, 0) is 0 Å². The van der Waals surface area contributed by atoms with Gasteiger partial charge in [0.15, 0.2) is 0 Å². The van der Waals surface area contributed by atoms with Crippen molar-refractivity contribution in [1.82, 2.24) is 4.98 Å². The molecular weight excluding hydrogens is 196 g/mol. The highest BCUT2D eigenvalue weighted by Gasteiger charge is 2.08. The molecule has 0 spiro atoms. The van der Waals surface area contributed by atoms with E-state index in [2.05, 4.69) is 10.9 Å². The molecule has 0 aromatic carbocycles. The molecule has 0 saturated heterocycles. The number of nitrogens with two attached hydrogens (primary N) is 1. The van der Waals surface area contributed by atoms with Crippen molar-refractivity contribution in [3.63, 3.8) is 0 Å². The first-order chi connectivity index (χ1) is 7.72. The lowest BCUT2D eigenvalue weighted by Crippen LogP contribution is -2.02. The molecule has 0 amide bonds. The first-order valence-corrected chi connectivity index (χ1v) is 5.87. The molecule has 1 fully saturated rings. The third-order valence-electron chi connectivity index (χ3n) is 2.75. The maximum atomic E-state index is 5.35. The minimum absolute atomic E-state index is 0.588. The fourth-order valence-corrected chi connectivity index (χ4v) is 1.83. The van der Waals surface area contributed by atoms with Gasteiger partial charge in [0, 0.05) is 11.6 Å². The summed E-state index contributed by atoms with van der Waals surface area (Å²) >= 11 is 0. The number of nitrogen functional groups attached to an aromatic ring is 1. The summed E-state index contributed by atoms with van der Waals surface area (Å²) in [5, 5.41) is 0. The fourth-order valence-electron chi connectivity index (χ4n) is 1.83. The summed E-state index contributed by atoms with van der Waals surface area (Å²) in [7, 11) is 0. The normalized spacial score (nSPS) is 15.8. The zero-order valence-electron chi connectivity index (χ0n) is 9.95. The molecule has 1 aromatic rings. The first-order valence-electron chi connectivity index (χ1n) is 5.87. The van der Waals surface area contributed by atoms with Crippen molar-refractivity contribution in [3.8, 4) is 12.3 Å². The van der Waals surface area contributed by atoms with Gasteiger partial charge in [0.2, 0.25) is 0 Å². The largest absolute Gasteiger partial charge is 0.384 e. The molecule has 2 N–H and O–H groups in total. The van der Waals surface area contributed by atoms with Gasteiger partial charge in [-0.1, -0.05) is 25.3 Å². The molecule has 2 nitrogen and oxygen atoms in total. The Hall–Kier alpha value is -1.49. The third-order valence-corrected chi connectivity index (χ3v) is 2.75. The standard InChI is InChI=1S/C8H12.C6H8N2/c1-2-8-6-4-3-5-7-8;1-5-3-2-4-6(7)8-5/h1,8H,3-7H2;2-4H,1H3,(H2,7,8). The molecule has 2 rings (SSSR count). The lowest BCUT2D eigenvalue weighted by atomic mass is 9.90. The Morgan fingerprint density at radius 2 is 2.00 bits per heavy atom. The van der Waals surface area contributed by atoms with Gasteiger partial charge in [-0.05, 0) is 31.9 Å². The Morgan fingerprint density at radius 1 is 1.31 bits per heavy atom. The third kappa shape index (κ3) is 4.84. The highest BCUT2D eigenvalue weighted by Crippen LogP contribution is 2.22. The van der Waals surface area contributed by atoms with Gasteiger partial charge in [-0.25, -0.2) is 4.98 Å². The van der Waals surface area contributed by atoms with Crippen LogP contribution in [-0.4, -0.2) is 4.98 Å². The molecular formula is C14H20N2. The van der Waals surface area contributed by atoms with Crippen molar-refractivity contribution < 1.29 is 0 Å². The van der Waals surface area contributed by atoms with Gasteiger partial charge in [0.05, 0.1) is 0 Å². The summed E-state index contributed by atoms with van der Waals surface area (Å²) in [5.41, 5.74) is 6.31. The van der Waals surface area contributed by atoms with Crippen LogP contribution in [0.15, 0.2) is 18.2 Å². The average Bonchev–Trinajstić information content (AvgIpc) is 2.31. The molecule has 2 heteroatoms. The molecule has 0 radical (unpaired) electrons. The molecule has 0 unspecified atom stereocenters. The Morgan fingerprint density at radius 3 is 2.38 bits per heavy atom. The summed E-state index contributed by atoms with van der Waals surface area (Å²) in [6, 6.07) is 5.57. The molecule has 1 aliphatic rings. The number of anilines is 1. The minimum Gasteiger partial charge on any atom is -0.384 e. The predicted octanol–water partition coefficient (Wildman–Crippen LogP) is 3.17. The second-order valence-corrected chi connectivity index (χ2v) is 4.21. The molecule has 1 aliphatic carbocycles. The van der Waals surface area contributed by atoms with Crippen LogP contribution in [0.2, 0.25) is 0 Å². The number of nitrogens with zero attached hydrogens (tertiary/aromatic N) is 1. The van der Waals surface area contributed by atoms with Crippen LogP contribution in [0.1, 0.15) is 37.8 Å². The first kappa shape index (κ1) is 12.6. The van der Waals surface area contributed by atoms with E-state index in [0.717, 1.165) is 5.69 Å². The van der Waals surface area contributed by atoms with E-state index >= 15 is 0 Å². The smallest absolute Gasteiger partial charge is 0.123 e. The van der Waals surface area contributed by atoms with Crippen molar-refractivity contribution in [2.45, 2.75) is 39.0 Å². The number of rotatable bonds is 0. The van der Waals surface area contributed by atoms with Gasteiger partial charge >= 0.3 is 0 Å². The SMILES string of the molecule is C#CC1CCCCC1.Cc1cccc(N)n1. The number of terminal acetylenes is 1. The van der Waals surface area contributed by atoms with Gasteiger partial charge < -0.3 is 5.73 Å². The summed E-state index contributed by atoms with van der Waals surface area (Å²) < 4.78 is 0. The number of aryl methyl sites for hydroxylation is 1. The Labute approximate surface area is 98.3 Å². The van der Waals surface area contributed by atoms with E-state index in [4.69, 9.17) is 12.2 Å². The van der Waals surface area contributed by atoms with Crippen LogP contribution < -0.4 is 5.73 Å². The second kappa shape index (κ2) is 6.90. The van der Waals surface area contributed by atoms with Crippen molar-refractivity contribution in [1.29, 1.82) is 0 Å². The van der Waals surface area contributed by atoms with Gasteiger partial charge in [0.25, 0.3) is 0 Å². The Bertz CT molecular complexity index is 329. The highest BCUT2D eigenvalue weighted by molar-refractivity contribution is 5.28. The van der Waals surface area contributed by atoms with Crippen LogP contribution in [0, 0.1) is 25.2 Å². The number of pyridine rings is 1. The summed E-state index contributed by atoms with van der Waals surface area (Å²) in [6.07, 6.45) is 11.9. The maximum Gasteiger partial charge on any atom is 0.123 e. The van der Waals surface area contributed by atoms with E-state index in [-0.39, 0.29) is 0 Å². The zero-order valence-corrected chi connectivity index (χ0v) is 9.95. The summed E-state index contributed by atoms with van der Waals surface area (Å²) in [4.78, 5) is 3.95. The molecule has 0 atom stereocenters. The second-order valence-electron chi connectivity index (χ2n) is 4.21. The molecule has 16 heavy (non-hydrogen) atoms. The summed E-state index contributed by atoms with van der Waals surface area (Å²) in [6.45, 7) is 1.91. The van der Waals surface area contributed by atoms with Crippen LogP contribution in [0.3, 0.4) is 0 Å². The van der Waals surface area contributed by atoms with Crippen molar-refractivity contribution in [2.24, 2.45) is 5.92 Å². The van der Waals surface area contributed by atoms with Crippen LogP contribution in [0.25, 0.3) is 0 Å². The number of aromatic nitrogens is 1. The zero-order chi connectivity index (χ0) is 11.8. The molecule has 1 aromatic heterocycles. The van der Waals surface area contributed by atoms with Gasteiger partial charge in [-0.15, -0.1) is 12.3 Å². The van der Waals surface area contributed by atoms with Crippen molar-refractivity contribution >= 4 is 5.82 Å². The predicted molar refractivity (Wildman–Crippen MR) is 68.8 cm³/mol. The molecule has 86 valence electrons. The van der Waals surface area contributed by atoms with E-state index < -0.39 is 0 Å². The minimum atomic E-state index is 0.588. The van der Waals surface area contributed by atoms with Crippen molar-refractivity contribution in [3.05, 3.63) is 23.9 Å². The highest BCUT2D eigenvalue weighted by atomic mass is 14.8. The Balaban J connectivity index is 0.000000160. The van der Waals surface area contributed by atoms with Crippen LogP contribution in [0.4, 0.5) is 5.82 Å². The maximum absolute atomic E-state index is 5.35.